The number of nitrogens with zero attached hydrogens (tertiary/aromatic N) is 1. The fourth-order valence-electron chi connectivity index (χ4n) is 2.99. The van der Waals surface area contributed by atoms with Crippen LogP contribution in [0.1, 0.15) is 23.6 Å². The summed E-state index contributed by atoms with van der Waals surface area (Å²) in [4.78, 5) is 14.5. The zero-order chi connectivity index (χ0) is 20.5. The molecule has 0 spiro atoms. The molecule has 0 saturated carbocycles. The molecule has 0 heterocycles. The molecule has 0 aliphatic heterocycles. The number of ether oxygens (including phenoxy) is 3. The first-order valence-electron chi connectivity index (χ1n) is 9.25. The topological polar surface area (TPSA) is 60.0 Å². The van der Waals surface area contributed by atoms with Gasteiger partial charge in [-0.15, -0.1) is 0 Å². The number of hydrogen-bond donors (Lipinski definition) is 1. The molecule has 1 atom stereocenters. The third-order valence-corrected chi connectivity index (χ3v) is 4.67. The number of methoxy groups -OCH3 is 3. The van der Waals surface area contributed by atoms with Gasteiger partial charge in [-0.2, -0.15) is 0 Å². The van der Waals surface area contributed by atoms with Crippen molar-refractivity contribution >= 4 is 5.91 Å². The fraction of sp³-hybridized carbons (Fsp3) is 0.409. The van der Waals surface area contributed by atoms with Crippen molar-refractivity contribution in [2.75, 3.05) is 42.0 Å². The number of aryl methyl sites for hydroxylation is 1. The third kappa shape index (κ3) is 6.16. The maximum Gasteiger partial charge on any atom is 0.220 e. The van der Waals surface area contributed by atoms with E-state index in [0.29, 0.717) is 19.4 Å². The van der Waals surface area contributed by atoms with Gasteiger partial charge in [0, 0.05) is 19.0 Å². The maximum absolute atomic E-state index is 12.4. The van der Waals surface area contributed by atoms with Crippen LogP contribution in [0.2, 0.25) is 0 Å². The minimum absolute atomic E-state index is 0.0159. The molecule has 2 aromatic rings. The highest BCUT2D eigenvalue weighted by Crippen LogP contribution is 2.23. The van der Waals surface area contributed by atoms with E-state index >= 15 is 0 Å². The lowest BCUT2D eigenvalue weighted by Crippen LogP contribution is -2.34. The Morgan fingerprint density at radius 1 is 0.929 bits per heavy atom. The molecule has 0 aliphatic rings. The summed E-state index contributed by atoms with van der Waals surface area (Å²) in [7, 11) is 8.89. The first-order valence-corrected chi connectivity index (χ1v) is 9.25. The van der Waals surface area contributed by atoms with Crippen LogP contribution >= 0.6 is 0 Å². The molecule has 2 aromatic carbocycles. The minimum atomic E-state index is 0.0159. The second kappa shape index (κ2) is 10.6. The molecule has 6 nitrogen and oxygen atoms in total. The van der Waals surface area contributed by atoms with Crippen LogP contribution in [0.4, 0.5) is 0 Å². The average molecular weight is 386 g/mol. The molecule has 152 valence electrons. The SMILES string of the molecule is COc1ccc(C(CNC(=O)CCc2cc(OC)cc(OC)c2)N(C)C)cc1. The fourth-order valence-corrected chi connectivity index (χ4v) is 2.99. The van der Waals surface area contributed by atoms with Crippen molar-refractivity contribution < 1.29 is 19.0 Å². The van der Waals surface area contributed by atoms with E-state index in [-0.39, 0.29) is 11.9 Å². The molecule has 0 aromatic heterocycles. The van der Waals surface area contributed by atoms with Crippen molar-refractivity contribution in [2.24, 2.45) is 0 Å². The Bertz CT molecular complexity index is 737. The molecule has 1 amide bonds. The monoisotopic (exact) mass is 386 g/mol. The number of hydrogen-bond acceptors (Lipinski definition) is 5. The number of rotatable bonds is 10. The van der Waals surface area contributed by atoms with Crippen LogP contribution in [0.25, 0.3) is 0 Å². The number of carbonyl (C=O) groups is 1. The van der Waals surface area contributed by atoms with E-state index in [0.717, 1.165) is 28.4 Å². The third-order valence-electron chi connectivity index (χ3n) is 4.67. The quantitative estimate of drug-likeness (QED) is 0.680. The van der Waals surface area contributed by atoms with Gasteiger partial charge in [0.2, 0.25) is 5.91 Å². The molecule has 28 heavy (non-hydrogen) atoms. The Morgan fingerprint density at radius 3 is 2.00 bits per heavy atom. The zero-order valence-electron chi connectivity index (χ0n) is 17.3. The largest absolute Gasteiger partial charge is 0.497 e. The summed E-state index contributed by atoms with van der Waals surface area (Å²) >= 11 is 0. The van der Waals surface area contributed by atoms with Crippen molar-refractivity contribution in [3.63, 3.8) is 0 Å². The van der Waals surface area contributed by atoms with Crippen molar-refractivity contribution in [1.29, 1.82) is 0 Å². The van der Waals surface area contributed by atoms with Gasteiger partial charge in [0.1, 0.15) is 17.2 Å². The lowest BCUT2D eigenvalue weighted by atomic mass is 10.1. The molecule has 0 aliphatic carbocycles. The van der Waals surface area contributed by atoms with E-state index in [4.69, 9.17) is 14.2 Å². The predicted molar refractivity (Wildman–Crippen MR) is 110 cm³/mol. The molecule has 6 heteroatoms. The molecule has 0 bridgehead atoms. The summed E-state index contributed by atoms with van der Waals surface area (Å²) in [6.07, 6.45) is 1.02. The molecule has 0 radical (unpaired) electrons. The number of nitrogens with one attached hydrogen (secondary N) is 1. The average Bonchev–Trinajstić information content (AvgIpc) is 2.72. The summed E-state index contributed by atoms with van der Waals surface area (Å²) < 4.78 is 15.8. The summed E-state index contributed by atoms with van der Waals surface area (Å²) in [5.74, 6) is 2.28. The van der Waals surface area contributed by atoms with E-state index in [1.165, 1.54) is 0 Å². The Labute approximate surface area is 167 Å². The van der Waals surface area contributed by atoms with Gasteiger partial charge in [0.05, 0.1) is 27.4 Å². The van der Waals surface area contributed by atoms with Gasteiger partial charge in [-0.3, -0.25) is 4.79 Å². The molecular formula is C22H30N2O4. The summed E-state index contributed by atoms with van der Waals surface area (Å²) in [5.41, 5.74) is 2.13. The summed E-state index contributed by atoms with van der Waals surface area (Å²) in [6.45, 7) is 0.541. The van der Waals surface area contributed by atoms with Crippen LogP contribution in [-0.4, -0.2) is 52.8 Å². The number of benzene rings is 2. The standard InChI is InChI=1S/C22H30N2O4/c1-24(2)21(17-7-9-18(26-3)10-8-17)15-23-22(25)11-6-16-12-19(27-4)14-20(13-16)28-5/h7-10,12-14,21H,6,11,15H2,1-5H3,(H,23,25). The zero-order valence-corrected chi connectivity index (χ0v) is 17.3. The van der Waals surface area contributed by atoms with Crippen molar-refractivity contribution in [1.82, 2.24) is 10.2 Å². The Balaban J connectivity index is 1.92. The first kappa shape index (κ1) is 21.6. The highest BCUT2D eigenvalue weighted by molar-refractivity contribution is 5.76. The van der Waals surface area contributed by atoms with Gasteiger partial charge in [-0.25, -0.2) is 0 Å². The van der Waals surface area contributed by atoms with Crippen LogP contribution in [0.5, 0.6) is 17.2 Å². The number of carbonyl (C=O) groups excluding carboxylic acids is 1. The first-order chi connectivity index (χ1) is 13.5. The van der Waals surface area contributed by atoms with Crippen molar-refractivity contribution in [3.8, 4) is 17.2 Å². The Morgan fingerprint density at radius 2 is 1.50 bits per heavy atom. The predicted octanol–water partition coefficient (Wildman–Crippen LogP) is 3.06. The van der Waals surface area contributed by atoms with Crippen molar-refractivity contribution in [2.45, 2.75) is 18.9 Å². The molecule has 1 unspecified atom stereocenters. The second-order valence-corrected chi connectivity index (χ2v) is 6.78. The maximum atomic E-state index is 12.4. The van der Waals surface area contributed by atoms with Crippen LogP contribution < -0.4 is 19.5 Å². The highest BCUT2D eigenvalue weighted by Gasteiger charge is 2.15. The number of amides is 1. The molecule has 0 saturated heterocycles. The van der Waals surface area contributed by atoms with Gasteiger partial charge >= 0.3 is 0 Å². The number of likely N-dealkylation sites (N-methyl/N-ethyl adjacent to an activating group) is 1. The highest BCUT2D eigenvalue weighted by atomic mass is 16.5. The van der Waals surface area contributed by atoms with Crippen LogP contribution in [-0.2, 0) is 11.2 Å². The van der Waals surface area contributed by atoms with E-state index in [2.05, 4.69) is 10.2 Å². The van der Waals surface area contributed by atoms with E-state index in [1.807, 2.05) is 56.6 Å². The Hall–Kier alpha value is -2.73. The molecular weight excluding hydrogens is 356 g/mol. The van der Waals surface area contributed by atoms with Crippen molar-refractivity contribution in [3.05, 3.63) is 53.6 Å². The smallest absolute Gasteiger partial charge is 0.220 e. The van der Waals surface area contributed by atoms with E-state index in [1.54, 1.807) is 21.3 Å². The molecule has 2 rings (SSSR count). The van der Waals surface area contributed by atoms with E-state index < -0.39 is 0 Å². The van der Waals surface area contributed by atoms with Gasteiger partial charge in [-0.1, -0.05) is 12.1 Å². The van der Waals surface area contributed by atoms with Crippen LogP contribution in [0.15, 0.2) is 42.5 Å². The normalized spacial score (nSPS) is 11.8. The molecule has 1 N–H and O–H groups in total. The van der Waals surface area contributed by atoms with Gasteiger partial charge in [-0.05, 0) is 55.9 Å². The van der Waals surface area contributed by atoms with Gasteiger partial charge in [0.25, 0.3) is 0 Å². The second-order valence-electron chi connectivity index (χ2n) is 6.78. The lowest BCUT2D eigenvalue weighted by molar-refractivity contribution is -0.121. The summed E-state index contributed by atoms with van der Waals surface area (Å²) in [6, 6.07) is 13.7. The lowest BCUT2D eigenvalue weighted by Gasteiger charge is -2.25. The minimum Gasteiger partial charge on any atom is -0.497 e. The molecule has 0 fully saturated rings. The van der Waals surface area contributed by atoms with Crippen LogP contribution in [0, 0.1) is 0 Å². The van der Waals surface area contributed by atoms with E-state index in [9.17, 15) is 4.79 Å². The summed E-state index contributed by atoms with van der Waals surface area (Å²) in [5, 5.41) is 3.04. The van der Waals surface area contributed by atoms with Gasteiger partial charge in [0.15, 0.2) is 0 Å². The Kier molecular flexibility index (Phi) is 8.14. The van der Waals surface area contributed by atoms with Gasteiger partial charge < -0.3 is 24.4 Å². The van der Waals surface area contributed by atoms with Crippen LogP contribution in [0.3, 0.4) is 0 Å².